The van der Waals surface area contributed by atoms with Gasteiger partial charge >= 0.3 is 5.97 Å². The Labute approximate surface area is 118 Å². The van der Waals surface area contributed by atoms with E-state index in [0.717, 1.165) is 32.5 Å². The van der Waals surface area contributed by atoms with Crippen LogP contribution in [-0.2, 0) is 9.53 Å². The molecule has 3 heterocycles. The van der Waals surface area contributed by atoms with Gasteiger partial charge in [-0.3, -0.25) is 9.69 Å². The van der Waals surface area contributed by atoms with Gasteiger partial charge in [0.15, 0.2) is 0 Å². The molecule has 1 atom stereocenters. The summed E-state index contributed by atoms with van der Waals surface area (Å²) >= 11 is 2.04. The number of hydrogen-bond donors (Lipinski definition) is 1. The fourth-order valence-electron chi connectivity index (χ4n) is 3.69. The summed E-state index contributed by atoms with van der Waals surface area (Å²) in [5.74, 6) is 2.18. The first-order chi connectivity index (χ1) is 9.17. The van der Waals surface area contributed by atoms with Gasteiger partial charge in [0.2, 0.25) is 0 Å². The van der Waals surface area contributed by atoms with E-state index in [-0.39, 0.29) is 5.60 Å². The maximum atomic E-state index is 10.7. The zero-order chi connectivity index (χ0) is 13.3. The summed E-state index contributed by atoms with van der Waals surface area (Å²) in [6, 6.07) is 0.627. The van der Waals surface area contributed by atoms with E-state index in [9.17, 15) is 4.79 Å². The smallest absolute Gasteiger partial charge is 0.303 e. The Balaban J connectivity index is 1.51. The summed E-state index contributed by atoms with van der Waals surface area (Å²) < 4.78 is 6.11. The van der Waals surface area contributed by atoms with Crippen molar-refractivity contribution < 1.29 is 14.6 Å². The van der Waals surface area contributed by atoms with Crippen LogP contribution in [0.4, 0.5) is 0 Å². The van der Waals surface area contributed by atoms with Gasteiger partial charge in [-0.05, 0) is 43.1 Å². The van der Waals surface area contributed by atoms with Crippen molar-refractivity contribution in [3.05, 3.63) is 0 Å². The molecule has 0 radical (unpaired) electrons. The van der Waals surface area contributed by atoms with Crippen molar-refractivity contribution >= 4 is 17.7 Å². The van der Waals surface area contributed by atoms with E-state index < -0.39 is 5.97 Å². The van der Waals surface area contributed by atoms with E-state index in [4.69, 9.17) is 9.84 Å². The average molecular weight is 285 g/mol. The van der Waals surface area contributed by atoms with Crippen LogP contribution < -0.4 is 0 Å². The first-order valence-corrected chi connectivity index (χ1v) is 8.50. The standard InChI is InChI=1S/C14H23NO3S/c16-13(17)7-11-9-15(10-11)12-1-4-18-14(8-12)2-5-19-6-3-14/h11-12H,1-10H2,(H,16,17). The van der Waals surface area contributed by atoms with Crippen LogP contribution in [0.25, 0.3) is 0 Å². The van der Waals surface area contributed by atoms with Gasteiger partial charge in [-0.2, -0.15) is 11.8 Å². The molecule has 4 nitrogen and oxygen atoms in total. The molecule has 1 spiro atoms. The van der Waals surface area contributed by atoms with Gasteiger partial charge in [-0.25, -0.2) is 0 Å². The lowest BCUT2D eigenvalue weighted by Crippen LogP contribution is -2.57. The molecule has 5 heteroatoms. The third kappa shape index (κ3) is 3.09. The van der Waals surface area contributed by atoms with Crippen LogP contribution in [-0.4, -0.2) is 58.8 Å². The number of carboxylic acid groups (broad SMARTS) is 1. The quantitative estimate of drug-likeness (QED) is 0.857. The number of carbonyl (C=O) groups is 1. The highest BCUT2D eigenvalue weighted by Crippen LogP contribution is 2.40. The number of aliphatic carboxylic acids is 1. The first-order valence-electron chi connectivity index (χ1n) is 7.34. The van der Waals surface area contributed by atoms with Crippen molar-refractivity contribution in [3.8, 4) is 0 Å². The van der Waals surface area contributed by atoms with Gasteiger partial charge in [0.05, 0.1) is 12.0 Å². The van der Waals surface area contributed by atoms with Crippen LogP contribution in [0.3, 0.4) is 0 Å². The minimum absolute atomic E-state index is 0.145. The normalized spacial score (nSPS) is 32.1. The molecule has 0 bridgehead atoms. The van der Waals surface area contributed by atoms with Crippen molar-refractivity contribution in [3.63, 3.8) is 0 Å². The van der Waals surface area contributed by atoms with Crippen LogP contribution in [0, 0.1) is 5.92 Å². The monoisotopic (exact) mass is 285 g/mol. The maximum Gasteiger partial charge on any atom is 0.303 e. The van der Waals surface area contributed by atoms with Gasteiger partial charge in [0, 0.05) is 25.7 Å². The molecule has 3 rings (SSSR count). The lowest BCUT2D eigenvalue weighted by Gasteiger charge is -2.51. The second-order valence-corrected chi connectivity index (χ2v) is 7.43. The van der Waals surface area contributed by atoms with E-state index in [1.807, 2.05) is 11.8 Å². The van der Waals surface area contributed by atoms with E-state index in [1.165, 1.54) is 24.3 Å². The molecule has 0 aromatic carbocycles. The summed E-state index contributed by atoms with van der Waals surface area (Å²) in [6.07, 6.45) is 5.00. The molecular formula is C14H23NO3S. The van der Waals surface area contributed by atoms with Crippen LogP contribution in [0.5, 0.6) is 0 Å². The molecule has 3 aliphatic heterocycles. The molecule has 0 aromatic heterocycles. The molecule has 108 valence electrons. The van der Waals surface area contributed by atoms with Crippen molar-refractivity contribution in [2.45, 2.75) is 43.7 Å². The molecule has 1 N–H and O–H groups in total. The number of thioether (sulfide) groups is 1. The predicted molar refractivity (Wildman–Crippen MR) is 75.6 cm³/mol. The molecule has 1 unspecified atom stereocenters. The van der Waals surface area contributed by atoms with Gasteiger partial charge in [-0.1, -0.05) is 0 Å². The highest BCUT2D eigenvalue weighted by molar-refractivity contribution is 7.99. The van der Waals surface area contributed by atoms with Gasteiger partial charge in [-0.15, -0.1) is 0 Å². The highest BCUT2D eigenvalue weighted by Gasteiger charge is 2.43. The summed E-state index contributed by atoms with van der Waals surface area (Å²) in [7, 11) is 0. The summed E-state index contributed by atoms with van der Waals surface area (Å²) in [6.45, 7) is 2.83. The fraction of sp³-hybridized carbons (Fsp3) is 0.929. The lowest BCUT2D eigenvalue weighted by molar-refractivity contribution is -0.143. The second-order valence-electron chi connectivity index (χ2n) is 6.21. The second kappa shape index (κ2) is 5.62. The lowest BCUT2D eigenvalue weighted by atomic mass is 9.82. The van der Waals surface area contributed by atoms with E-state index in [0.29, 0.717) is 18.4 Å². The SMILES string of the molecule is O=C(O)CC1CN(C2CCOC3(CCSCC3)C2)C1. The van der Waals surface area contributed by atoms with Crippen LogP contribution >= 0.6 is 11.8 Å². The van der Waals surface area contributed by atoms with Crippen molar-refractivity contribution in [2.75, 3.05) is 31.2 Å². The van der Waals surface area contributed by atoms with E-state index in [2.05, 4.69) is 4.90 Å². The third-order valence-electron chi connectivity index (χ3n) is 4.84. The Morgan fingerprint density at radius 3 is 2.79 bits per heavy atom. The summed E-state index contributed by atoms with van der Waals surface area (Å²) in [4.78, 5) is 13.2. The topological polar surface area (TPSA) is 49.8 Å². The molecule has 19 heavy (non-hydrogen) atoms. The van der Waals surface area contributed by atoms with Crippen molar-refractivity contribution in [2.24, 2.45) is 5.92 Å². The molecular weight excluding hydrogens is 262 g/mol. The maximum absolute atomic E-state index is 10.7. The zero-order valence-electron chi connectivity index (χ0n) is 11.3. The van der Waals surface area contributed by atoms with Crippen molar-refractivity contribution in [1.29, 1.82) is 0 Å². The van der Waals surface area contributed by atoms with Crippen LogP contribution in [0.15, 0.2) is 0 Å². The number of hydrogen-bond acceptors (Lipinski definition) is 4. The van der Waals surface area contributed by atoms with Gasteiger partial charge in [0.1, 0.15) is 0 Å². The fourth-order valence-corrected chi connectivity index (χ4v) is 4.93. The molecule has 3 saturated heterocycles. The Morgan fingerprint density at radius 2 is 2.11 bits per heavy atom. The van der Waals surface area contributed by atoms with E-state index >= 15 is 0 Å². The number of rotatable bonds is 3. The molecule has 0 aliphatic carbocycles. The Morgan fingerprint density at radius 1 is 1.37 bits per heavy atom. The average Bonchev–Trinajstić information content (AvgIpc) is 2.34. The molecule has 0 saturated carbocycles. The number of likely N-dealkylation sites (tertiary alicyclic amines) is 1. The summed E-state index contributed by atoms with van der Waals surface area (Å²) in [5.41, 5.74) is 0.145. The third-order valence-corrected chi connectivity index (χ3v) is 5.82. The molecule has 3 aliphatic rings. The highest BCUT2D eigenvalue weighted by atomic mass is 32.2. The first kappa shape index (κ1) is 13.7. The summed E-state index contributed by atoms with van der Waals surface area (Å²) in [5, 5.41) is 8.80. The van der Waals surface area contributed by atoms with Gasteiger partial charge < -0.3 is 9.84 Å². The Bertz CT molecular complexity index is 332. The van der Waals surface area contributed by atoms with Crippen molar-refractivity contribution in [1.82, 2.24) is 4.90 Å². The van der Waals surface area contributed by atoms with Gasteiger partial charge in [0.25, 0.3) is 0 Å². The predicted octanol–water partition coefficient (Wildman–Crippen LogP) is 1.84. The van der Waals surface area contributed by atoms with Crippen LogP contribution in [0.1, 0.15) is 32.1 Å². The Kier molecular flexibility index (Phi) is 4.06. The molecule has 0 amide bonds. The van der Waals surface area contributed by atoms with Crippen LogP contribution in [0.2, 0.25) is 0 Å². The number of ether oxygens (including phenoxy) is 1. The Hall–Kier alpha value is -0.260. The minimum atomic E-state index is -0.655. The van der Waals surface area contributed by atoms with E-state index in [1.54, 1.807) is 0 Å². The molecule has 3 fully saturated rings. The molecule has 0 aromatic rings. The number of nitrogens with zero attached hydrogens (tertiary/aromatic N) is 1. The minimum Gasteiger partial charge on any atom is -0.481 e. The largest absolute Gasteiger partial charge is 0.481 e. The number of carboxylic acids is 1. The zero-order valence-corrected chi connectivity index (χ0v) is 12.2.